The summed E-state index contributed by atoms with van der Waals surface area (Å²) in [6.45, 7) is 1.82. The van der Waals surface area contributed by atoms with Gasteiger partial charge in [0.05, 0.1) is 6.10 Å². The average Bonchev–Trinajstić information content (AvgIpc) is 3.11. The minimum Gasteiger partial charge on any atom is -0.378 e. The summed E-state index contributed by atoms with van der Waals surface area (Å²) in [6, 6.07) is 10.2. The maximum Gasteiger partial charge on any atom is 0.207 e. The fourth-order valence-electron chi connectivity index (χ4n) is 2.45. The maximum absolute atomic E-state index is 5.62. The zero-order valence-electron chi connectivity index (χ0n) is 11.0. The van der Waals surface area contributed by atoms with E-state index in [1.807, 2.05) is 30.6 Å². The van der Waals surface area contributed by atoms with Gasteiger partial charge in [-0.25, -0.2) is 4.98 Å². The van der Waals surface area contributed by atoms with Crippen LogP contribution in [0.5, 0.6) is 0 Å². The summed E-state index contributed by atoms with van der Waals surface area (Å²) in [7, 11) is 0. The highest BCUT2D eigenvalue weighted by molar-refractivity contribution is 5.41. The molecule has 0 bridgehead atoms. The number of rotatable bonds is 5. The van der Waals surface area contributed by atoms with Gasteiger partial charge in [-0.2, -0.15) is 0 Å². The van der Waals surface area contributed by atoms with Crippen molar-refractivity contribution in [3.05, 3.63) is 42.7 Å². The Kier molecular flexibility index (Phi) is 3.79. The Morgan fingerprint density at radius 1 is 1.32 bits per heavy atom. The number of ether oxygens (including phenoxy) is 1. The SMILES string of the molecule is c1ccc(-n2ccnc2NCCC2CCCO2)cc1. The topological polar surface area (TPSA) is 39.1 Å². The zero-order valence-corrected chi connectivity index (χ0v) is 11.0. The summed E-state index contributed by atoms with van der Waals surface area (Å²) in [5.74, 6) is 0.893. The van der Waals surface area contributed by atoms with Gasteiger partial charge >= 0.3 is 0 Å². The van der Waals surface area contributed by atoms with Gasteiger partial charge < -0.3 is 10.1 Å². The molecule has 1 atom stereocenters. The molecule has 1 fully saturated rings. The van der Waals surface area contributed by atoms with Gasteiger partial charge in [0.1, 0.15) is 0 Å². The van der Waals surface area contributed by atoms with E-state index in [9.17, 15) is 0 Å². The minimum atomic E-state index is 0.424. The first kappa shape index (κ1) is 12.2. The van der Waals surface area contributed by atoms with Crippen molar-refractivity contribution < 1.29 is 4.74 Å². The number of nitrogens with one attached hydrogen (secondary N) is 1. The molecule has 1 N–H and O–H groups in total. The van der Waals surface area contributed by atoms with Crippen molar-refractivity contribution in [2.24, 2.45) is 0 Å². The first-order chi connectivity index (χ1) is 9.43. The molecule has 1 aromatic heterocycles. The Morgan fingerprint density at radius 2 is 2.21 bits per heavy atom. The molecule has 2 aromatic rings. The van der Waals surface area contributed by atoms with Crippen LogP contribution in [-0.4, -0.2) is 28.8 Å². The molecule has 4 heteroatoms. The molecule has 4 nitrogen and oxygen atoms in total. The molecular weight excluding hydrogens is 238 g/mol. The molecule has 0 aliphatic carbocycles. The molecule has 1 aliphatic rings. The van der Waals surface area contributed by atoms with Gasteiger partial charge in [-0.15, -0.1) is 0 Å². The van der Waals surface area contributed by atoms with Crippen LogP contribution in [0.1, 0.15) is 19.3 Å². The smallest absolute Gasteiger partial charge is 0.207 e. The third-order valence-corrected chi connectivity index (χ3v) is 3.45. The normalized spacial score (nSPS) is 18.6. The molecule has 0 spiro atoms. The highest BCUT2D eigenvalue weighted by Gasteiger charge is 2.15. The molecule has 0 radical (unpaired) electrons. The fraction of sp³-hybridized carbons (Fsp3) is 0.400. The van der Waals surface area contributed by atoms with Gasteiger partial charge in [0, 0.05) is 31.2 Å². The summed E-state index contributed by atoms with van der Waals surface area (Å²) in [5, 5.41) is 3.39. The van der Waals surface area contributed by atoms with Crippen molar-refractivity contribution in [2.75, 3.05) is 18.5 Å². The van der Waals surface area contributed by atoms with Crippen molar-refractivity contribution >= 4 is 5.95 Å². The molecule has 1 aliphatic heterocycles. The molecule has 19 heavy (non-hydrogen) atoms. The van der Waals surface area contributed by atoms with E-state index in [2.05, 4.69) is 27.0 Å². The van der Waals surface area contributed by atoms with Crippen molar-refractivity contribution in [2.45, 2.75) is 25.4 Å². The largest absolute Gasteiger partial charge is 0.378 e. The van der Waals surface area contributed by atoms with Crippen LogP contribution in [0.4, 0.5) is 5.95 Å². The average molecular weight is 257 g/mol. The van der Waals surface area contributed by atoms with Crippen LogP contribution >= 0.6 is 0 Å². The van der Waals surface area contributed by atoms with E-state index in [0.29, 0.717) is 6.10 Å². The zero-order chi connectivity index (χ0) is 12.9. The third kappa shape index (κ3) is 2.96. The second-order valence-corrected chi connectivity index (χ2v) is 4.81. The predicted octanol–water partition coefficient (Wildman–Crippen LogP) is 2.85. The second kappa shape index (κ2) is 5.89. The van der Waals surface area contributed by atoms with Crippen LogP contribution in [0.2, 0.25) is 0 Å². The number of aromatic nitrogens is 2. The van der Waals surface area contributed by atoms with E-state index in [1.165, 1.54) is 12.8 Å². The first-order valence-electron chi connectivity index (χ1n) is 6.88. The van der Waals surface area contributed by atoms with Gasteiger partial charge in [0.2, 0.25) is 5.95 Å². The van der Waals surface area contributed by atoms with Crippen molar-refractivity contribution in [3.8, 4) is 5.69 Å². The number of anilines is 1. The third-order valence-electron chi connectivity index (χ3n) is 3.45. The fourth-order valence-corrected chi connectivity index (χ4v) is 2.45. The summed E-state index contributed by atoms with van der Waals surface area (Å²) in [6.07, 6.45) is 7.65. The molecular formula is C15H19N3O. The van der Waals surface area contributed by atoms with Crippen LogP contribution in [0.15, 0.2) is 42.7 Å². The van der Waals surface area contributed by atoms with Crippen LogP contribution in [-0.2, 0) is 4.74 Å². The number of imidazole rings is 1. The molecule has 1 aromatic carbocycles. The summed E-state index contributed by atoms with van der Waals surface area (Å²) in [5.41, 5.74) is 1.12. The predicted molar refractivity (Wildman–Crippen MR) is 75.6 cm³/mol. The van der Waals surface area contributed by atoms with Crippen LogP contribution in [0.3, 0.4) is 0 Å². The standard InChI is InChI=1S/C15H19N3O/c1-2-5-13(6-3-1)18-11-10-17-15(18)16-9-8-14-7-4-12-19-14/h1-3,5-6,10-11,14H,4,7-9,12H2,(H,16,17). The quantitative estimate of drug-likeness (QED) is 0.895. The second-order valence-electron chi connectivity index (χ2n) is 4.81. The molecule has 100 valence electrons. The van der Waals surface area contributed by atoms with Crippen molar-refractivity contribution in [1.29, 1.82) is 0 Å². The minimum absolute atomic E-state index is 0.424. The Balaban J connectivity index is 1.61. The molecule has 0 saturated carbocycles. The van der Waals surface area contributed by atoms with Crippen LogP contribution < -0.4 is 5.32 Å². The number of hydrogen-bond acceptors (Lipinski definition) is 3. The lowest BCUT2D eigenvalue weighted by Gasteiger charge is -2.12. The Bertz CT molecular complexity index is 503. The van der Waals surface area contributed by atoms with Gasteiger partial charge in [-0.1, -0.05) is 18.2 Å². The van der Waals surface area contributed by atoms with Crippen molar-refractivity contribution in [3.63, 3.8) is 0 Å². The first-order valence-corrected chi connectivity index (χ1v) is 6.88. The van der Waals surface area contributed by atoms with Gasteiger partial charge in [0.25, 0.3) is 0 Å². The van der Waals surface area contributed by atoms with E-state index in [4.69, 9.17) is 4.74 Å². The highest BCUT2D eigenvalue weighted by Crippen LogP contribution is 2.17. The molecule has 1 unspecified atom stereocenters. The Morgan fingerprint density at radius 3 is 3.00 bits per heavy atom. The summed E-state index contributed by atoms with van der Waals surface area (Å²) in [4.78, 5) is 4.37. The van der Waals surface area contributed by atoms with E-state index in [0.717, 1.165) is 31.2 Å². The van der Waals surface area contributed by atoms with Crippen LogP contribution in [0, 0.1) is 0 Å². The molecule has 0 amide bonds. The Hall–Kier alpha value is -1.81. The lowest BCUT2D eigenvalue weighted by molar-refractivity contribution is 0.107. The number of hydrogen-bond donors (Lipinski definition) is 1. The van der Waals surface area contributed by atoms with Gasteiger partial charge in [0.15, 0.2) is 0 Å². The van der Waals surface area contributed by atoms with Crippen molar-refractivity contribution in [1.82, 2.24) is 9.55 Å². The summed E-state index contributed by atoms with van der Waals surface area (Å²) < 4.78 is 7.69. The lowest BCUT2D eigenvalue weighted by atomic mass is 10.2. The number of benzene rings is 1. The molecule has 3 rings (SSSR count). The monoisotopic (exact) mass is 257 g/mol. The Labute approximate surface area is 113 Å². The van der Waals surface area contributed by atoms with E-state index < -0.39 is 0 Å². The summed E-state index contributed by atoms with van der Waals surface area (Å²) >= 11 is 0. The van der Waals surface area contributed by atoms with E-state index in [-0.39, 0.29) is 0 Å². The van der Waals surface area contributed by atoms with Gasteiger partial charge in [-0.3, -0.25) is 4.57 Å². The number of para-hydroxylation sites is 1. The maximum atomic E-state index is 5.62. The highest BCUT2D eigenvalue weighted by atomic mass is 16.5. The molecule has 1 saturated heterocycles. The van der Waals surface area contributed by atoms with Gasteiger partial charge in [-0.05, 0) is 31.4 Å². The number of nitrogens with zero attached hydrogens (tertiary/aromatic N) is 2. The van der Waals surface area contributed by atoms with E-state index >= 15 is 0 Å². The molecule has 2 heterocycles. The lowest BCUT2D eigenvalue weighted by Crippen LogP contribution is -2.14. The van der Waals surface area contributed by atoms with E-state index in [1.54, 1.807) is 0 Å². The van der Waals surface area contributed by atoms with Crippen LogP contribution in [0.25, 0.3) is 5.69 Å².